The Bertz CT molecular complexity index is 1280. The molecule has 2 heterocycles. The van der Waals surface area contributed by atoms with E-state index >= 15 is 0 Å². The van der Waals surface area contributed by atoms with E-state index in [9.17, 15) is 23.8 Å². The van der Waals surface area contributed by atoms with Crippen LogP contribution in [0.5, 0.6) is 5.88 Å². The molecule has 3 aromatic rings. The van der Waals surface area contributed by atoms with Gasteiger partial charge in [-0.3, -0.25) is 9.56 Å². The molecule has 0 radical (unpaired) electrons. The summed E-state index contributed by atoms with van der Waals surface area (Å²) in [6, 6.07) is 5.51. The molecule has 0 fully saturated rings. The second kappa shape index (κ2) is 7.71. The van der Waals surface area contributed by atoms with Crippen molar-refractivity contribution in [3.05, 3.63) is 79.3 Å². The van der Waals surface area contributed by atoms with Crippen molar-refractivity contribution in [2.24, 2.45) is 4.99 Å². The van der Waals surface area contributed by atoms with Gasteiger partial charge in [0.25, 0.3) is 0 Å². The highest BCUT2D eigenvalue weighted by molar-refractivity contribution is 6.32. The zero-order chi connectivity index (χ0) is 21.6. The van der Waals surface area contributed by atoms with Crippen molar-refractivity contribution in [2.75, 3.05) is 6.61 Å². The number of aliphatic hydroxyl groups excluding tert-OH is 1. The molecule has 30 heavy (non-hydrogen) atoms. The van der Waals surface area contributed by atoms with Crippen LogP contribution in [-0.4, -0.2) is 32.6 Å². The fourth-order valence-electron chi connectivity index (χ4n) is 3.31. The fourth-order valence-corrected chi connectivity index (χ4v) is 3.62. The first-order valence-electron chi connectivity index (χ1n) is 8.65. The van der Waals surface area contributed by atoms with Crippen molar-refractivity contribution in [1.82, 2.24) is 9.55 Å². The number of H-pyrrole nitrogens is 1. The number of fused-ring (bicyclic) bond motifs is 1. The minimum atomic E-state index is -1.20. The Morgan fingerprint density at radius 2 is 2.00 bits per heavy atom. The Kier molecular flexibility index (Phi) is 5.23. The summed E-state index contributed by atoms with van der Waals surface area (Å²) in [7, 11) is 0. The summed E-state index contributed by atoms with van der Waals surface area (Å²) in [6.45, 7) is -0.659. The predicted octanol–water partition coefficient (Wildman–Crippen LogP) is 4.31. The zero-order valence-electron chi connectivity index (χ0n) is 15.0. The maximum absolute atomic E-state index is 14.3. The second-order valence-corrected chi connectivity index (χ2v) is 7.36. The van der Waals surface area contributed by atoms with E-state index in [2.05, 4.69) is 9.98 Å². The highest BCUT2D eigenvalue weighted by Gasteiger charge is 2.25. The van der Waals surface area contributed by atoms with Crippen LogP contribution in [0.2, 0.25) is 10.0 Å². The highest BCUT2D eigenvalue weighted by Crippen LogP contribution is 2.38. The number of imidazole rings is 1. The van der Waals surface area contributed by atoms with E-state index in [-0.39, 0.29) is 27.0 Å². The van der Waals surface area contributed by atoms with E-state index in [0.717, 1.165) is 10.6 Å². The molecule has 6 nitrogen and oxygen atoms in total. The topological polar surface area (TPSA) is 90.6 Å². The maximum atomic E-state index is 14.3. The molecule has 0 spiro atoms. The van der Waals surface area contributed by atoms with Gasteiger partial charge in [-0.25, -0.2) is 13.6 Å². The van der Waals surface area contributed by atoms with Crippen LogP contribution < -0.4 is 5.69 Å². The van der Waals surface area contributed by atoms with Crippen LogP contribution in [0.4, 0.5) is 14.5 Å². The number of benzene rings is 2. The van der Waals surface area contributed by atoms with Gasteiger partial charge >= 0.3 is 5.69 Å². The van der Waals surface area contributed by atoms with E-state index < -0.39 is 35.9 Å². The number of aromatic nitrogens is 2. The summed E-state index contributed by atoms with van der Waals surface area (Å²) in [5.74, 6) is -1.95. The summed E-state index contributed by atoms with van der Waals surface area (Å²) in [5.41, 5.74) is 0.0750. The lowest BCUT2D eigenvalue weighted by Gasteiger charge is -2.17. The lowest BCUT2D eigenvalue weighted by Crippen LogP contribution is -2.26. The second-order valence-electron chi connectivity index (χ2n) is 6.52. The number of aliphatic hydroxyl groups is 1. The first kappa shape index (κ1) is 20.3. The number of hydrogen-bond donors (Lipinski definition) is 3. The van der Waals surface area contributed by atoms with Crippen LogP contribution in [0.15, 0.2) is 40.1 Å². The van der Waals surface area contributed by atoms with Gasteiger partial charge in [0, 0.05) is 27.9 Å². The Morgan fingerprint density at radius 3 is 2.70 bits per heavy atom. The fraction of sp³-hybridized carbons (Fsp3) is 0.100. The van der Waals surface area contributed by atoms with Crippen LogP contribution >= 0.6 is 23.2 Å². The zero-order valence-corrected chi connectivity index (χ0v) is 16.5. The number of rotatable bonds is 4. The third-order valence-electron chi connectivity index (χ3n) is 4.75. The molecule has 1 aromatic heterocycles. The molecule has 1 aliphatic rings. The van der Waals surface area contributed by atoms with Gasteiger partial charge in [0.1, 0.15) is 17.2 Å². The van der Waals surface area contributed by atoms with Crippen LogP contribution in [0.1, 0.15) is 22.9 Å². The first-order chi connectivity index (χ1) is 14.3. The molecule has 0 saturated carbocycles. The lowest BCUT2D eigenvalue weighted by molar-refractivity contribution is 0.234. The van der Waals surface area contributed by atoms with Crippen molar-refractivity contribution in [3.8, 4) is 5.88 Å². The molecule has 0 bridgehead atoms. The Hall–Kier alpha value is -2.94. The monoisotopic (exact) mass is 451 g/mol. The van der Waals surface area contributed by atoms with Gasteiger partial charge in [0.2, 0.25) is 5.88 Å². The number of allylic oxidation sites excluding steroid dienone is 1. The van der Waals surface area contributed by atoms with Gasteiger partial charge in [0.05, 0.1) is 17.7 Å². The number of hydrogen-bond acceptors (Lipinski definition) is 4. The number of halogens is 4. The summed E-state index contributed by atoms with van der Waals surface area (Å²) in [4.78, 5) is 18.9. The van der Waals surface area contributed by atoms with E-state index in [0.29, 0.717) is 11.1 Å². The summed E-state index contributed by atoms with van der Waals surface area (Å²) >= 11 is 11.5. The number of aromatic amines is 1. The molecular weight excluding hydrogens is 439 g/mol. The largest absolute Gasteiger partial charge is 0.493 e. The molecular formula is C20H13Cl2F2N3O3. The van der Waals surface area contributed by atoms with Crippen molar-refractivity contribution in [3.63, 3.8) is 0 Å². The molecule has 1 atom stereocenters. The van der Waals surface area contributed by atoms with Gasteiger partial charge < -0.3 is 15.2 Å². The molecule has 0 amide bonds. The Labute approximate surface area is 178 Å². The Morgan fingerprint density at radius 1 is 1.23 bits per heavy atom. The number of aliphatic imine (C=N–C) groups is 1. The molecule has 1 aliphatic heterocycles. The number of aromatic hydroxyl groups is 1. The number of nitrogens with zero attached hydrogens (tertiary/aromatic N) is 2. The van der Waals surface area contributed by atoms with Gasteiger partial charge in [-0.15, -0.1) is 0 Å². The van der Waals surface area contributed by atoms with E-state index in [4.69, 9.17) is 23.2 Å². The van der Waals surface area contributed by atoms with E-state index in [1.54, 1.807) is 6.07 Å². The first-order valence-corrected chi connectivity index (χ1v) is 9.40. The predicted molar refractivity (Wildman–Crippen MR) is 111 cm³/mol. The van der Waals surface area contributed by atoms with Crippen molar-refractivity contribution in [2.45, 2.75) is 6.04 Å². The summed E-state index contributed by atoms with van der Waals surface area (Å²) < 4.78 is 29.3. The average Bonchev–Trinajstić information content (AvgIpc) is 3.23. The van der Waals surface area contributed by atoms with E-state index in [1.807, 2.05) is 0 Å². The van der Waals surface area contributed by atoms with Crippen molar-refractivity contribution in [1.29, 1.82) is 0 Å². The quantitative estimate of drug-likeness (QED) is 0.551. The standard InChI is InChI=1S/C20H13Cl2F2N3O3/c21-10-1-2-12(14(23)6-10)16(8-28)27-19(29)15(26-20(27)30)5-9-7-25-18-11(9)3-4-13(22)17(18)24/h1-7,16,28-29H,8H2,(H,26,30)/b9-5+. The van der Waals surface area contributed by atoms with Crippen LogP contribution in [0.3, 0.4) is 0 Å². The van der Waals surface area contributed by atoms with Gasteiger partial charge in [0.15, 0.2) is 5.82 Å². The molecule has 0 aliphatic carbocycles. The molecule has 2 aromatic carbocycles. The van der Waals surface area contributed by atoms with Gasteiger partial charge in [-0.1, -0.05) is 35.3 Å². The molecule has 1 unspecified atom stereocenters. The lowest BCUT2D eigenvalue weighted by atomic mass is 10.1. The third-order valence-corrected chi connectivity index (χ3v) is 5.28. The third kappa shape index (κ3) is 3.32. The van der Waals surface area contributed by atoms with Crippen molar-refractivity contribution < 1.29 is 19.0 Å². The Balaban J connectivity index is 1.79. The molecule has 3 N–H and O–H groups in total. The van der Waals surface area contributed by atoms with Gasteiger partial charge in [-0.05, 0) is 24.3 Å². The smallest absolute Gasteiger partial charge is 0.329 e. The normalized spacial score (nSPS) is 15.0. The van der Waals surface area contributed by atoms with Crippen LogP contribution in [-0.2, 0) is 0 Å². The minimum Gasteiger partial charge on any atom is -0.493 e. The van der Waals surface area contributed by atoms with Gasteiger partial charge in [-0.2, -0.15) is 0 Å². The molecule has 0 saturated heterocycles. The molecule has 4 rings (SSSR count). The van der Waals surface area contributed by atoms with E-state index in [1.165, 1.54) is 30.5 Å². The van der Waals surface area contributed by atoms with Crippen LogP contribution in [0.25, 0.3) is 11.6 Å². The molecule has 154 valence electrons. The average molecular weight is 452 g/mol. The minimum absolute atomic E-state index is 0.0162. The van der Waals surface area contributed by atoms with Crippen LogP contribution in [0, 0.1) is 11.6 Å². The van der Waals surface area contributed by atoms with Crippen molar-refractivity contribution >= 4 is 46.8 Å². The SMILES string of the molecule is O=c1[nH]c(/C=C2\C=Nc3c2ccc(Cl)c3F)c(O)n1C(CO)c1ccc(Cl)cc1F. The highest BCUT2D eigenvalue weighted by atomic mass is 35.5. The molecule has 10 heteroatoms. The summed E-state index contributed by atoms with van der Waals surface area (Å²) in [6.07, 6.45) is 2.75. The maximum Gasteiger partial charge on any atom is 0.329 e. The number of nitrogens with one attached hydrogen (secondary N) is 1. The summed E-state index contributed by atoms with van der Waals surface area (Å²) in [5, 5.41) is 20.5.